The third-order valence-electron chi connectivity index (χ3n) is 4.77. The van der Waals surface area contributed by atoms with Crippen LogP contribution in [-0.4, -0.2) is 77.3 Å². The van der Waals surface area contributed by atoms with Crippen LogP contribution in [0.3, 0.4) is 0 Å². The Kier molecular flexibility index (Phi) is 5.16. The number of fused-ring (bicyclic) bond motifs is 1. The van der Waals surface area contributed by atoms with E-state index >= 15 is 0 Å². The average Bonchev–Trinajstić information content (AvgIpc) is 2.91. The summed E-state index contributed by atoms with van der Waals surface area (Å²) in [6, 6.07) is 4.37. The topological polar surface area (TPSA) is 87.2 Å². The van der Waals surface area contributed by atoms with Gasteiger partial charge in [-0.25, -0.2) is 4.79 Å². The second-order valence-corrected chi connectivity index (χ2v) is 6.81. The second-order valence-electron chi connectivity index (χ2n) is 6.81. The first-order valence-corrected chi connectivity index (χ1v) is 9.08. The van der Waals surface area contributed by atoms with Crippen LogP contribution < -0.4 is 0 Å². The largest absolute Gasteiger partial charge is 0.450 e. The Morgan fingerprint density at radius 2 is 1.59 bits per heavy atom. The molecule has 2 aliphatic heterocycles. The van der Waals surface area contributed by atoms with E-state index in [0.29, 0.717) is 43.9 Å². The van der Waals surface area contributed by atoms with Crippen molar-refractivity contribution < 1.29 is 23.9 Å². The van der Waals surface area contributed by atoms with Crippen molar-refractivity contribution in [2.45, 2.75) is 26.8 Å². The van der Waals surface area contributed by atoms with E-state index in [9.17, 15) is 19.2 Å². The first-order chi connectivity index (χ1) is 12.8. The zero-order valence-electron chi connectivity index (χ0n) is 15.7. The van der Waals surface area contributed by atoms with Gasteiger partial charge in [0, 0.05) is 37.8 Å². The van der Waals surface area contributed by atoms with Crippen molar-refractivity contribution in [3.05, 3.63) is 34.9 Å². The van der Waals surface area contributed by atoms with Crippen molar-refractivity contribution in [1.82, 2.24) is 14.7 Å². The molecule has 0 spiro atoms. The molecule has 0 radical (unpaired) electrons. The quantitative estimate of drug-likeness (QED) is 0.751. The molecular weight excluding hydrogens is 350 g/mol. The molecule has 0 unspecified atom stereocenters. The van der Waals surface area contributed by atoms with Crippen LogP contribution in [0.5, 0.6) is 0 Å². The van der Waals surface area contributed by atoms with Crippen LogP contribution >= 0.6 is 0 Å². The number of hydrogen-bond donors (Lipinski definition) is 0. The molecule has 0 aliphatic carbocycles. The van der Waals surface area contributed by atoms with Gasteiger partial charge >= 0.3 is 6.09 Å². The number of benzene rings is 1. The molecule has 0 aromatic heterocycles. The van der Waals surface area contributed by atoms with Crippen LogP contribution in [0.15, 0.2) is 18.2 Å². The van der Waals surface area contributed by atoms with Gasteiger partial charge in [0.05, 0.1) is 17.7 Å². The summed E-state index contributed by atoms with van der Waals surface area (Å²) >= 11 is 0. The van der Waals surface area contributed by atoms with Crippen LogP contribution in [0, 0.1) is 0 Å². The van der Waals surface area contributed by atoms with Gasteiger partial charge in [-0.15, -0.1) is 0 Å². The molecule has 3 rings (SSSR count). The fourth-order valence-corrected chi connectivity index (χ4v) is 3.35. The highest BCUT2D eigenvalue weighted by molar-refractivity contribution is 6.22. The highest BCUT2D eigenvalue weighted by atomic mass is 16.6. The molecule has 27 heavy (non-hydrogen) atoms. The van der Waals surface area contributed by atoms with Gasteiger partial charge in [-0.1, -0.05) is 0 Å². The lowest BCUT2D eigenvalue weighted by atomic mass is 10.0. The minimum absolute atomic E-state index is 0.218. The van der Waals surface area contributed by atoms with Crippen LogP contribution in [0.2, 0.25) is 0 Å². The van der Waals surface area contributed by atoms with Crippen LogP contribution in [0.4, 0.5) is 4.79 Å². The van der Waals surface area contributed by atoms with Crippen LogP contribution in [0.25, 0.3) is 0 Å². The molecule has 8 heteroatoms. The molecule has 144 valence electrons. The van der Waals surface area contributed by atoms with E-state index in [1.54, 1.807) is 42.7 Å². The van der Waals surface area contributed by atoms with Crippen molar-refractivity contribution in [2.75, 3.05) is 32.8 Å². The van der Waals surface area contributed by atoms with Gasteiger partial charge in [-0.2, -0.15) is 0 Å². The van der Waals surface area contributed by atoms with E-state index in [1.807, 2.05) is 0 Å². The maximum atomic E-state index is 12.8. The molecule has 0 atom stereocenters. The maximum Gasteiger partial charge on any atom is 0.409 e. The Morgan fingerprint density at radius 3 is 2.19 bits per heavy atom. The Labute approximate surface area is 157 Å². The third-order valence-corrected chi connectivity index (χ3v) is 4.77. The summed E-state index contributed by atoms with van der Waals surface area (Å²) in [7, 11) is 0. The number of imide groups is 1. The van der Waals surface area contributed by atoms with Crippen molar-refractivity contribution in [3.8, 4) is 0 Å². The van der Waals surface area contributed by atoms with Gasteiger partial charge in [-0.3, -0.25) is 19.3 Å². The summed E-state index contributed by atoms with van der Waals surface area (Å²) in [5.74, 6) is -0.914. The predicted octanol–water partition coefficient (Wildman–Crippen LogP) is 1.61. The van der Waals surface area contributed by atoms with Gasteiger partial charge in [0.1, 0.15) is 0 Å². The van der Waals surface area contributed by atoms with Gasteiger partial charge in [0.25, 0.3) is 17.7 Å². The summed E-state index contributed by atoms with van der Waals surface area (Å²) in [6.07, 6.45) is -0.375. The summed E-state index contributed by atoms with van der Waals surface area (Å²) in [4.78, 5) is 53.8. The number of nitrogens with zero attached hydrogens (tertiary/aromatic N) is 3. The minimum Gasteiger partial charge on any atom is -0.450 e. The molecule has 0 saturated carbocycles. The molecule has 1 saturated heterocycles. The molecule has 1 aromatic carbocycles. The highest BCUT2D eigenvalue weighted by Crippen LogP contribution is 2.26. The van der Waals surface area contributed by atoms with Crippen molar-refractivity contribution >= 4 is 23.8 Å². The molecule has 0 N–H and O–H groups in total. The fourth-order valence-electron chi connectivity index (χ4n) is 3.35. The van der Waals surface area contributed by atoms with E-state index in [4.69, 9.17) is 4.74 Å². The van der Waals surface area contributed by atoms with Crippen molar-refractivity contribution in [2.24, 2.45) is 0 Å². The van der Waals surface area contributed by atoms with Crippen LogP contribution in [-0.2, 0) is 4.74 Å². The van der Waals surface area contributed by atoms with Crippen molar-refractivity contribution in [3.63, 3.8) is 0 Å². The second kappa shape index (κ2) is 7.38. The Bertz CT molecular complexity index is 797. The van der Waals surface area contributed by atoms with Gasteiger partial charge < -0.3 is 14.5 Å². The highest BCUT2D eigenvalue weighted by Gasteiger charge is 2.38. The summed E-state index contributed by atoms with van der Waals surface area (Å²) in [6.45, 7) is 7.18. The number of rotatable bonds is 3. The molecule has 0 bridgehead atoms. The molecule has 2 heterocycles. The zero-order chi connectivity index (χ0) is 19.7. The Hall–Kier alpha value is -2.90. The molecule has 2 aliphatic rings. The number of piperazine rings is 1. The standard InChI is InChI=1S/C19H23N3O5/c1-4-27-19(26)21-9-7-20(8-10-21)16(23)13-5-6-14-15(11-13)18(25)22(12(2)3)17(14)24/h5-6,11-12H,4,7-10H2,1-3H3. The third kappa shape index (κ3) is 3.39. The molecule has 4 amide bonds. The van der Waals surface area contributed by atoms with E-state index in [0.717, 1.165) is 0 Å². The smallest absolute Gasteiger partial charge is 0.409 e. The Balaban J connectivity index is 1.72. The van der Waals surface area contributed by atoms with E-state index in [2.05, 4.69) is 0 Å². The number of carbonyl (C=O) groups excluding carboxylic acids is 4. The molecular formula is C19H23N3O5. The molecule has 8 nitrogen and oxygen atoms in total. The lowest BCUT2D eigenvalue weighted by Crippen LogP contribution is -2.50. The van der Waals surface area contributed by atoms with E-state index < -0.39 is 0 Å². The molecule has 1 aromatic rings. The number of hydrogen-bond acceptors (Lipinski definition) is 5. The van der Waals surface area contributed by atoms with Crippen molar-refractivity contribution in [1.29, 1.82) is 0 Å². The van der Waals surface area contributed by atoms with Gasteiger partial charge in [-0.05, 0) is 39.0 Å². The molecule has 1 fully saturated rings. The van der Waals surface area contributed by atoms with Crippen LogP contribution in [0.1, 0.15) is 51.8 Å². The average molecular weight is 373 g/mol. The van der Waals surface area contributed by atoms with E-state index in [1.165, 1.54) is 11.0 Å². The summed E-state index contributed by atoms with van der Waals surface area (Å²) in [5, 5.41) is 0. The number of carbonyl (C=O) groups is 4. The monoisotopic (exact) mass is 373 g/mol. The number of ether oxygens (including phenoxy) is 1. The first kappa shape index (κ1) is 18.9. The van der Waals surface area contributed by atoms with Gasteiger partial charge in [0.15, 0.2) is 0 Å². The summed E-state index contributed by atoms with van der Waals surface area (Å²) < 4.78 is 4.97. The lowest BCUT2D eigenvalue weighted by molar-refractivity contribution is 0.0570. The first-order valence-electron chi connectivity index (χ1n) is 9.08. The zero-order valence-corrected chi connectivity index (χ0v) is 15.7. The normalized spacial score (nSPS) is 16.8. The predicted molar refractivity (Wildman–Crippen MR) is 96.6 cm³/mol. The maximum absolute atomic E-state index is 12.8. The summed E-state index contributed by atoms with van der Waals surface area (Å²) in [5.41, 5.74) is 0.965. The SMILES string of the molecule is CCOC(=O)N1CCN(C(=O)c2ccc3c(c2)C(=O)N(C(C)C)C3=O)CC1. The minimum atomic E-state index is -0.375. The fraction of sp³-hybridized carbons (Fsp3) is 0.474. The van der Waals surface area contributed by atoms with E-state index in [-0.39, 0.29) is 35.4 Å². The number of amides is 4. The Morgan fingerprint density at radius 1 is 1.00 bits per heavy atom. The lowest BCUT2D eigenvalue weighted by Gasteiger charge is -2.34. The van der Waals surface area contributed by atoms with Gasteiger partial charge in [0.2, 0.25) is 0 Å².